The predicted molar refractivity (Wildman–Crippen MR) is 82.2 cm³/mol. The van der Waals surface area contributed by atoms with E-state index >= 15 is 0 Å². The zero-order valence-corrected chi connectivity index (χ0v) is 12.8. The summed E-state index contributed by atoms with van der Waals surface area (Å²) >= 11 is 0. The van der Waals surface area contributed by atoms with Crippen LogP contribution < -0.4 is 4.74 Å². The van der Waals surface area contributed by atoms with Gasteiger partial charge >= 0.3 is 0 Å². The van der Waals surface area contributed by atoms with Crippen molar-refractivity contribution in [3.63, 3.8) is 0 Å². The minimum atomic E-state index is -2.84. The Bertz CT molecular complexity index is 745. The number of fused-ring (bicyclic) bond motifs is 1. The van der Waals surface area contributed by atoms with E-state index in [4.69, 9.17) is 4.74 Å². The predicted octanol–water partition coefficient (Wildman–Crippen LogP) is 1.47. The Kier molecular flexibility index (Phi) is 3.82. The van der Waals surface area contributed by atoms with Crippen molar-refractivity contribution in [2.24, 2.45) is 0 Å². The minimum Gasteiger partial charge on any atom is -0.494 e. The van der Waals surface area contributed by atoms with Gasteiger partial charge in [-0.25, -0.2) is 13.4 Å². The number of sulfone groups is 1. The Hall–Kier alpha value is -1.66. The molecule has 2 aromatic rings. The van der Waals surface area contributed by atoms with Crippen LogP contribution in [-0.4, -0.2) is 50.0 Å². The first-order valence-electron chi connectivity index (χ1n) is 6.93. The van der Waals surface area contributed by atoms with E-state index in [1.54, 1.807) is 7.11 Å². The van der Waals surface area contributed by atoms with Crippen molar-refractivity contribution in [1.82, 2.24) is 9.88 Å². The third-order valence-corrected chi connectivity index (χ3v) is 5.39. The second kappa shape index (κ2) is 5.61. The van der Waals surface area contributed by atoms with Gasteiger partial charge in [-0.3, -0.25) is 4.90 Å². The van der Waals surface area contributed by atoms with E-state index in [1.807, 2.05) is 30.3 Å². The van der Waals surface area contributed by atoms with E-state index in [-0.39, 0.29) is 11.5 Å². The van der Waals surface area contributed by atoms with Gasteiger partial charge in [-0.15, -0.1) is 0 Å². The summed E-state index contributed by atoms with van der Waals surface area (Å²) in [6, 6.07) is 9.86. The van der Waals surface area contributed by atoms with Crippen molar-refractivity contribution < 1.29 is 13.2 Å². The first-order valence-corrected chi connectivity index (χ1v) is 8.75. The summed E-state index contributed by atoms with van der Waals surface area (Å²) in [5.41, 5.74) is 1.79. The number of rotatable bonds is 3. The molecule has 1 aliphatic heterocycles. The van der Waals surface area contributed by atoms with Crippen molar-refractivity contribution in [1.29, 1.82) is 0 Å². The molecule has 21 heavy (non-hydrogen) atoms. The molecular formula is C15H18N2O3S. The molecule has 1 saturated heterocycles. The van der Waals surface area contributed by atoms with E-state index < -0.39 is 9.84 Å². The molecule has 1 fully saturated rings. The van der Waals surface area contributed by atoms with E-state index in [0.717, 1.165) is 22.3 Å². The number of hydrogen-bond donors (Lipinski definition) is 0. The normalized spacial score (nSPS) is 18.7. The molecule has 5 nitrogen and oxygen atoms in total. The fourth-order valence-corrected chi connectivity index (χ4v) is 3.83. The van der Waals surface area contributed by atoms with Gasteiger partial charge in [0.2, 0.25) is 0 Å². The molecule has 6 heteroatoms. The average molecular weight is 306 g/mol. The number of nitrogens with zero attached hydrogens (tertiary/aromatic N) is 2. The fourth-order valence-electron chi connectivity index (χ4n) is 2.55. The summed E-state index contributed by atoms with van der Waals surface area (Å²) in [6.45, 7) is 1.82. The molecular weight excluding hydrogens is 288 g/mol. The first kappa shape index (κ1) is 14.3. The molecule has 0 saturated carbocycles. The Morgan fingerprint density at radius 3 is 2.67 bits per heavy atom. The van der Waals surface area contributed by atoms with Gasteiger partial charge in [0.1, 0.15) is 11.3 Å². The smallest absolute Gasteiger partial charge is 0.152 e. The number of para-hydroxylation sites is 1. The summed E-state index contributed by atoms with van der Waals surface area (Å²) in [4.78, 5) is 6.79. The number of pyridine rings is 1. The highest BCUT2D eigenvalue weighted by atomic mass is 32.2. The maximum absolute atomic E-state index is 11.4. The van der Waals surface area contributed by atoms with E-state index in [0.29, 0.717) is 19.6 Å². The van der Waals surface area contributed by atoms with Crippen molar-refractivity contribution >= 4 is 20.7 Å². The zero-order chi connectivity index (χ0) is 14.9. The van der Waals surface area contributed by atoms with Crippen LogP contribution in [0.3, 0.4) is 0 Å². The van der Waals surface area contributed by atoms with Crippen molar-refractivity contribution in [3.05, 3.63) is 36.0 Å². The lowest BCUT2D eigenvalue weighted by atomic mass is 10.2. The molecule has 0 unspecified atom stereocenters. The average Bonchev–Trinajstić information content (AvgIpc) is 2.49. The quantitative estimate of drug-likeness (QED) is 0.859. The van der Waals surface area contributed by atoms with Crippen LogP contribution in [0.1, 0.15) is 5.69 Å². The van der Waals surface area contributed by atoms with E-state index in [9.17, 15) is 8.42 Å². The van der Waals surface area contributed by atoms with Crippen LogP contribution in [0.4, 0.5) is 0 Å². The van der Waals surface area contributed by atoms with Gasteiger partial charge in [-0.1, -0.05) is 18.2 Å². The topological polar surface area (TPSA) is 59.5 Å². The number of ether oxygens (including phenoxy) is 1. The number of hydrogen-bond acceptors (Lipinski definition) is 5. The highest BCUT2D eigenvalue weighted by Gasteiger charge is 2.21. The van der Waals surface area contributed by atoms with Gasteiger partial charge in [0, 0.05) is 25.0 Å². The third kappa shape index (κ3) is 3.16. The SMILES string of the molecule is COc1cccc2ccc(CN3CCS(=O)(=O)CC3)nc12. The molecule has 0 radical (unpaired) electrons. The fraction of sp³-hybridized carbons (Fsp3) is 0.400. The van der Waals surface area contributed by atoms with E-state index in [2.05, 4.69) is 9.88 Å². The van der Waals surface area contributed by atoms with Crippen LogP contribution in [-0.2, 0) is 16.4 Å². The first-order chi connectivity index (χ1) is 10.1. The van der Waals surface area contributed by atoms with Gasteiger partial charge in [0.05, 0.1) is 24.3 Å². The zero-order valence-electron chi connectivity index (χ0n) is 11.9. The summed E-state index contributed by atoms with van der Waals surface area (Å²) in [7, 11) is -1.20. The third-order valence-electron chi connectivity index (χ3n) is 3.78. The van der Waals surface area contributed by atoms with Crippen LogP contribution >= 0.6 is 0 Å². The summed E-state index contributed by atoms with van der Waals surface area (Å²) < 4.78 is 28.2. The Labute approximate surface area is 124 Å². The van der Waals surface area contributed by atoms with Gasteiger partial charge in [-0.05, 0) is 12.1 Å². The lowest BCUT2D eigenvalue weighted by Crippen LogP contribution is -2.39. The second-order valence-corrected chi connectivity index (χ2v) is 7.57. The summed E-state index contributed by atoms with van der Waals surface area (Å²) in [6.07, 6.45) is 0. The van der Waals surface area contributed by atoms with Gasteiger partial charge in [-0.2, -0.15) is 0 Å². The maximum atomic E-state index is 11.4. The van der Waals surface area contributed by atoms with Crippen LogP contribution in [0.25, 0.3) is 10.9 Å². The van der Waals surface area contributed by atoms with Gasteiger partial charge < -0.3 is 4.74 Å². The lowest BCUT2D eigenvalue weighted by molar-refractivity contribution is 0.284. The Morgan fingerprint density at radius 1 is 1.19 bits per heavy atom. The standard InChI is InChI=1S/C15H18N2O3S/c1-20-14-4-2-3-12-5-6-13(16-15(12)14)11-17-7-9-21(18,19)10-8-17/h2-6H,7-11H2,1H3. The molecule has 1 aliphatic rings. The molecule has 1 aromatic heterocycles. The minimum absolute atomic E-state index is 0.240. The molecule has 0 atom stereocenters. The lowest BCUT2D eigenvalue weighted by Gasteiger charge is -2.26. The summed E-state index contributed by atoms with van der Waals surface area (Å²) in [5, 5.41) is 1.04. The molecule has 0 amide bonds. The van der Waals surface area contributed by atoms with Crippen LogP contribution in [0.15, 0.2) is 30.3 Å². The number of methoxy groups -OCH3 is 1. The van der Waals surface area contributed by atoms with Crippen LogP contribution in [0, 0.1) is 0 Å². The molecule has 0 N–H and O–H groups in total. The van der Waals surface area contributed by atoms with Crippen LogP contribution in [0.5, 0.6) is 5.75 Å². The molecule has 2 heterocycles. The number of aromatic nitrogens is 1. The van der Waals surface area contributed by atoms with Crippen LogP contribution in [0.2, 0.25) is 0 Å². The van der Waals surface area contributed by atoms with Gasteiger partial charge in [0.15, 0.2) is 9.84 Å². The molecule has 0 bridgehead atoms. The molecule has 112 valence electrons. The van der Waals surface area contributed by atoms with Crippen molar-refractivity contribution in [2.75, 3.05) is 31.7 Å². The van der Waals surface area contributed by atoms with E-state index in [1.165, 1.54) is 0 Å². The number of benzene rings is 1. The largest absolute Gasteiger partial charge is 0.494 e. The summed E-state index contributed by atoms with van der Waals surface area (Å²) in [5.74, 6) is 1.24. The van der Waals surface area contributed by atoms with Crippen molar-refractivity contribution in [2.45, 2.75) is 6.54 Å². The second-order valence-electron chi connectivity index (χ2n) is 5.26. The Morgan fingerprint density at radius 2 is 1.95 bits per heavy atom. The molecule has 3 rings (SSSR count). The van der Waals surface area contributed by atoms with Gasteiger partial charge in [0.25, 0.3) is 0 Å². The molecule has 1 aromatic carbocycles. The maximum Gasteiger partial charge on any atom is 0.152 e. The van der Waals surface area contributed by atoms with Crippen molar-refractivity contribution in [3.8, 4) is 5.75 Å². The Balaban J connectivity index is 1.82. The monoisotopic (exact) mass is 306 g/mol. The molecule has 0 aliphatic carbocycles. The highest BCUT2D eigenvalue weighted by Crippen LogP contribution is 2.24. The molecule has 0 spiro atoms. The highest BCUT2D eigenvalue weighted by molar-refractivity contribution is 7.91.